The molecule has 1 saturated carbocycles. The quantitative estimate of drug-likeness (QED) is 0.211. The predicted octanol–water partition coefficient (Wildman–Crippen LogP) is 9.37. The summed E-state index contributed by atoms with van der Waals surface area (Å²) in [5.74, 6) is -5.93. The molecule has 40 heavy (non-hydrogen) atoms. The van der Waals surface area contributed by atoms with E-state index in [0.29, 0.717) is 18.0 Å². The smallest absolute Gasteiger partial charge is 0.411 e. The zero-order chi connectivity index (χ0) is 28.6. The standard InChI is InChI=1S/C30H30F6N2O.CH4/c1-25(2)13-26(3,4)15-27(14-25)19-9-7-6-8-16(19)24-18-10-21-22(11-17(18)23(39)12-20(24)27)38(5)30(35,36)28(31,32)29(33,34)37-21;/h6-12,37,39H,13-15H2,1-5H3;1H4. The van der Waals surface area contributed by atoms with Gasteiger partial charge in [-0.1, -0.05) is 59.4 Å². The van der Waals surface area contributed by atoms with Crippen LogP contribution in [-0.2, 0) is 5.41 Å². The van der Waals surface area contributed by atoms with Gasteiger partial charge in [0.25, 0.3) is 0 Å². The summed E-state index contributed by atoms with van der Waals surface area (Å²) >= 11 is 0. The number of hydrogen-bond donors (Lipinski definition) is 2. The van der Waals surface area contributed by atoms with Gasteiger partial charge in [0, 0.05) is 17.8 Å². The summed E-state index contributed by atoms with van der Waals surface area (Å²) in [4.78, 5) is -0.149. The monoisotopic (exact) mass is 564 g/mol. The van der Waals surface area contributed by atoms with Gasteiger partial charge < -0.3 is 15.3 Å². The number of phenols is 1. The lowest BCUT2D eigenvalue weighted by Gasteiger charge is -2.51. The second kappa shape index (κ2) is 8.01. The first-order valence-electron chi connectivity index (χ1n) is 12.9. The molecule has 3 nitrogen and oxygen atoms in total. The molecule has 0 radical (unpaired) electrons. The van der Waals surface area contributed by atoms with Crippen LogP contribution >= 0.6 is 0 Å². The van der Waals surface area contributed by atoms with Crippen molar-refractivity contribution < 1.29 is 31.4 Å². The van der Waals surface area contributed by atoms with Crippen LogP contribution in [0.2, 0.25) is 0 Å². The van der Waals surface area contributed by atoms with Crippen LogP contribution < -0.4 is 10.2 Å². The van der Waals surface area contributed by atoms with Crippen molar-refractivity contribution in [3.63, 3.8) is 0 Å². The van der Waals surface area contributed by atoms with Gasteiger partial charge in [-0.05, 0) is 75.9 Å². The fraction of sp³-hybridized carbons (Fsp3) is 0.484. The number of halogens is 6. The third kappa shape index (κ3) is 3.51. The Labute approximate surface area is 230 Å². The molecule has 0 atom stereocenters. The molecule has 1 spiro atoms. The number of benzene rings is 3. The van der Waals surface area contributed by atoms with E-state index >= 15 is 0 Å². The predicted molar refractivity (Wildman–Crippen MR) is 147 cm³/mol. The fourth-order valence-electron chi connectivity index (χ4n) is 8.04. The van der Waals surface area contributed by atoms with Crippen molar-refractivity contribution in [1.29, 1.82) is 0 Å². The van der Waals surface area contributed by atoms with E-state index in [9.17, 15) is 31.4 Å². The maximum Gasteiger partial charge on any atom is 0.411 e. The topological polar surface area (TPSA) is 35.5 Å². The van der Waals surface area contributed by atoms with E-state index in [0.717, 1.165) is 42.0 Å². The van der Waals surface area contributed by atoms with Gasteiger partial charge in [0.1, 0.15) is 5.75 Å². The highest BCUT2D eigenvalue weighted by atomic mass is 19.3. The minimum atomic E-state index is -5.71. The van der Waals surface area contributed by atoms with E-state index in [2.05, 4.69) is 27.7 Å². The lowest BCUT2D eigenvalue weighted by Crippen LogP contribution is -2.62. The highest BCUT2D eigenvalue weighted by Gasteiger charge is 2.75. The Balaban J connectivity index is 0.00000323. The summed E-state index contributed by atoms with van der Waals surface area (Å²) in [7, 11) is 0.641. The van der Waals surface area contributed by atoms with Crippen molar-refractivity contribution in [2.75, 3.05) is 17.3 Å². The molecule has 0 unspecified atom stereocenters. The number of nitrogens with zero attached hydrogens (tertiary/aromatic N) is 1. The van der Waals surface area contributed by atoms with Gasteiger partial charge in [-0.15, -0.1) is 0 Å². The van der Waals surface area contributed by atoms with Gasteiger partial charge in [0.05, 0.1) is 11.4 Å². The first kappa shape index (κ1) is 28.4. The second-order valence-corrected chi connectivity index (χ2v) is 13.1. The molecule has 216 valence electrons. The number of nitrogens with one attached hydrogen (secondary N) is 1. The molecule has 3 aromatic rings. The number of aromatic hydroxyl groups is 1. The van der Waals surface area contributed by atoms with E-state index in [1.807, 2.05) is 24.3 Å². The number of hydrogen-bond acceptors (Lipinski definition) is 3. The molecular weight excluding hydrogens is 530 g/mol. The first-order valence-corrected chi connectivity index (χ1v) is 12.9. The van der Waals surface area contributed by atoms with Gasteiger partial charge >= 0.3 is 18.0 Å². The van der Waals surface area contributed by atoms with E-state index in [-0.39, 0.29) is 34.3 Å². The van der Waals surface area contributed by atoms with E-state index in [1.165, 1.54) is 11.4 Å². The molecule has 0 amide bonds. The van der Waals surface area contributed by atoms with Gasteiger partial charge in [-0.2, -0.15) is 26.3 Å². The summed E-state index contributed by atoms with van der Waals surface area (Å²) < 4.78 is 87.5. The van der Waals surface area contributed by atoms with Crippen LogP contribution in [0.3, 0.4) is 0 Å². The zero-order valence-electron chi connectivity index (χ0n) is 22.3. The Kier molecular flexibility index (Phi) is 5.69. The molecule has 0 bridgehead atoms. The normalized spacial score (nSPS) is 23.8. The molecular formula is C31H34F6N2O. The van der Waals surface area contributed by atoms with E-state index in [1.54, 1.807) is 6.07 Å². The first-order chi connectivity index (χ1) is 17.8. The lowest BCUT2D eigenvalue weighted by atomic mass is 9.52. The summed E-state index contributed by atoms with van der Waals surface area (Å²) in [5.41, 5.74) is 1.71. The molecule has 0 saturated heterocycles. The van der Waals surface area contributed by atoms with Crippen molar-refractivity contribution in [1.82, 2.24) is 0 Å². The molecule has 1 heterocycles. The highest BCUT2D eigenvalue weighted by Crippen LogP contribution is 2.65. The van der Waals surface area contributed by atoms with Crippen LogP contribution in [0.15, 0.2) is 42.5 Å². The number of fused-ring (bicyclic) bond motifs is 8. The molecule has 6 rings (SSSR count). The Morgan fingerprint density at radius 3 is 2.02 bits per heavy atom. The molecule has 1 aliphatic heterocycles. The maximum absolute atomic E-state index is 14.7. The van der Waals surface area contributed by atoms with Crippen LogP contribution in [0, 0.1) is 10.8 Å². The molecule has 2 aliphatic carbocycles. The van der Waals surface area contributed by atoms with Gasteiger partial charge in [0.15, 0.2) is 0 Å². The van der Waals surface area contributed by atoms with Crippen molar-refractivity contribution in [2.24, 2.45) is 10.8 Å². The molecule has 3 aliphatic rings. The third-order valence-corrected chi connectivity index (χ3v) is 8.82. The van der Waals surface area contributed by atoms with Crippen LogP contribution in [0.4, 0.5) is 37.7 Å². The average molecular weight is 565 g/mol. The number of phenolic OH excluding ortho intramolecular Hbond substituents is 1. The molecule has 2 N–H and O–H groups in total. The number of anilines is 2. The summed E-state index contributed by atoms with van der Waals surface area (Å²) in [6.45, 7) is 8.83. The highest BCUT2D eigenvalue weighted by molar-refractivity contribution is 6.08. The van der Waals surface area contributed by atoms with Crippen LogP contribution in [0.5, 0.6) is 5.75 Å². The minimum Gasteiger partial charge on any atom is -0.507 e. The second-order valence-electron chi connectivity index (χ2n) is 13.1. The summed E-state index contributed by atoms with van der Waals surface area (Å²) in [5, 5.41) is 13.1. The number of rotatable bonds is 0. The SMILES string of the molecule is C.CN1c2cc3c(O)cc4c(c3cc2NC(F)(F)C(F)(F)C1(F)F)-c1ccccc1C41CC(C)(C)CC(C)(C)C1. The summed E-state index contributed by atoms with van der Waals surface area (Å²) in [6, 6.07) is 1.26. The molecule has 0 aromatic heterocycles. The van der Waals surface area contributed by atoms with E-state index < -0.39 is 34.8 Å². The Morgan fingerprint density at radius 2 is 1.40 bits per heavy atom. The third-order valence-electron chi connectivity index (χ3n) is 8.82. The van der Waals surface area contributed by atoms with Gasteiger partial charge in [-0.3, -0.25) is 0 Å². The van der Waals surface area contributed by atoms with Crippen LogP contribution in [-0.4, -0.2) is 30.2 Å². The molecule has 3 aromatic carbocycles. The zero-order valence-corrected chi connectivity index (χ0v) is 22.3. The van der Waals surface area contributed by atoms with Crippen molar-refractivity contribution in [3.05, 3.63) is 53.6 Å². The maximum atomic E-state index is 14.7. The molecule has 1 fully saturated rings. The Morgan fingerprint density at radius 1 is 0.800 bits per heavy atom. The van der Waals surface area contributed by atoms with Crippen molar-refractivity contribution in [2.45, 2.75) is 77.8 Å². The van der Waals surface area contributed by atoms with Gasteiger partial charge in [-0.25, -0.2) is 0 Å². The van der Waals surface area contributed by atoms with E-state index in [4.69, 9.17) is 0 Å². The van der Waals surface area contributed by atoms with Crippen molar-refractivity contribution >= 4 is 22.1 Å². The lowest BCUT2D eigenvalue weighted by molar-refractivity contribution is -0.295. The Bertz CT molecular complexity index is 1530. The molecule has 9 heteroatoms. The summed E-state index contributed by atoms with van der Waals surface area (Å²) in [6.07, 6.45) is 2.54. The minimum absolute atomic E-state index is 0. The Hall–Kier alpha value is -3.10. The largest absolute Gasteiger partial charge is 0.507 e. The fourth-order valence-corrected chi connectivity index (χ4v) is 8.04. The van der Waals surface area contributed by atoms with Gasteiger partial charge in [0.2, 0.25) is 0 Å². The number of alkyl halides is 6. The van der Waals surface area contributed by atoms with Crippen molar-refractivity contribution in [3.8, 4) is 16.9 Å². The van der Waals surface area contributed by atoms with Crippen LogP contribution in [0.25, 0.3) is 21.9 Å². The van der Waals surface area contributed by atoms with Crippen LogP contribution in [0.1, 0.15) is 65.5 Å². The average Bonchev–Trinajstić information content (AvgIpc) is 3.02.